The van der Waals surface area contributed by atoms with Gasteiger partial charge in [-0.1, -0.05) is 24.3 Å². The van der Waals surface area contributed by atoms with E-state index in [1.54, 1.807) is 12.1 Å². The van der Waals surface area contributed by atoms with Crippen LogP contribution in [0.4, 0.5) is 24.5 Å². The molecule has 118 valence electrons. The van der Waals surface area contributed by atoms with Gasteiger partial charge in [0, 0.05) is 45.1 Å². The van der Waals surface area contributed by atoms with Crippen LogP contribution < -0.4 is 9.80 Å². The first-order valence-electron chi connectivity index (χ1n) is 6.87. The molecule has 0 aromatic heterocycles. The summed E-state index contributed by atoms with van der Waals surface area (Å²) >= 11 is 0. The van der Waals surface area contributed by atoms with Gasteiger partial charge in [0.2, 0.25) is 0 Å². The number of rotatable bonds is 3. The summed E-state index contributed by atoms with van der Waals surface area (Å²) in [6.45, 7) is 0. The topological polar surface area (TPSA) is 6.48 Å². The molecule has 0 amide bonds. The molecule has 0 bridgehead atoms. The van der Waals surface area contributed by atoms with Crippen LogP contribution in [0, 0.1) is 0 Å². The molecule has 0 saturated heterocycles. The van der Waals surface area contributed by atoms with Gasteiger partial charge in [0.25, 0.3) is 0 Å². The van der Waals surface area contributed by atoms with Crippen LogP contribution in [0.5, 0.6) is 0 Å². The van der Waals surface area contributed by atoms with Crippen LogP contribution in [0.2, 0.25) is 0 Å². The fraction of sp³-hybridized carbons (Fsp3) is 0.294. The second kappa shape index (κ2) is 5.91. The number of nitrogens with zero attached hydrogens (tertiary/aromatic N) is 2. The van der Waals surface area contributed by atoms with Crippen LogP contribution in [0.15, 0.2) is 42.5 Å². The largest absolute Gasteiger partial charge is 0.417 e. The van der Waals surface area contributed by atoms with Crippen molar-refractivity contribution < 1.29 is 13.2 Å². The van der Waals surface area contributed by atoms with Crippen molar-refractivity contribution >= 4 is 11.4 Å². The number of benzene rings is 2. The molecule has 22 heavy (non-hydrogen) atoms. The van der Waals surface area contributed by atoms with Gasteiger partial charge in [-0.25, -0.2) is 0 Å². The van der Waals surface area contributed by atoms with E-state index >= 15 is 0 Å². The van der Waals surface area contributed by atoms with Gasteiger partial charge in [-0.2, -0.15) is 13.2 Å². The highest BCUT2D eigenvalue weighted by Crippen LogP contribution is 2.41. The second-order valence-electron chi connectivity index (χ2n) is 5.53. The van der Waals surface area contributed by atoms with Crippen molar-refractivity contribution in [2.75, 3.05) is 38.0 Å². The van der Waals surface area contributed by atoms with Crippen molar-refractivity contribution in [1.82, 2.24) is 0 Å². The van der Waals surface area contributed by atoms with E-state index in [1.165, 1.54) is 12.1 Å². The molecule has 0 N–H and O–H groups in total. The number of alkyl halides is 3. The molecular formula is C17H19F3N2. The Hall–Kier alpha value is -2.17. The molecule has 0 atom stereocenters. The third kappa shape index (κ3) is 3.18. The van der Waals surface area contributed by atoms with Crippen LogP contribution in [-0.2, 0) is 6.18 Å². The van der Waals surface area contributed by atoms with Crippen LogP contribution in [0.25, 0.3) is 11.1 Å². The molecular weight excluding hydrogens is 289 g/mol. The maximum atomic E-state index is 13.3. The van der Waals surface area contributed by atoms with E-state index in [0.717, 1.165) is 17.4 Å². The van der Waals surface area contributed by atoms with E-state index in [0.29, 0.717) is 5.56 Å². The van der Waals surface area contributed by atoms with E-state index in [4.69, 9.17) is 0 Å². The quantitative estimate of drug-likeness (QED) is 0.823. The van der Waals surface area contributed by atoms with Crippen molar-refractivity contribution in [3.8, 4) is 11.1 Å². The molecule has 2 aromatic carbocycles. The van der Waals surface area contributed by atoms with Crippen molar-refractivity contribution in [2.45, 2.75) is 6.18 Å². The predicted molar refractivity (Wildman–Crippen MR) is 85.5 cm³/mol. The molecule has 0 saturated carbocycles. The lowest BCUT2D eigenvalue weighted by Gasteiger charge is -2.23. The molecule has 0 aliphatic rings. The Morgan fingerprint density at radius 2 is 1.41 bits per heavy atom. The Balaban J connectivity index is 2.68. The van der Waals surface area contributed by atoms with Crippen molar-refractivity contribution in [3.05, 3.63) is 48.0 Å². The van der Waals surface area contributed by atoms with E-state index in [9.17, 15) is 13.2 Å². The minimum Gasteiger partial charge on any atom is -0.378 e. The first kappa shape index (κ1) is 16.2. The SMILES string of the molecule is CN(C)c1ccc(-c2ccccc2C(F)(F)F)c(N(C)C)c1. The summed E-state index contributed by atoms with van der Waals surface area (Å²) in [7, 11) is 7.46. The van der Waals surface area contributed by atoms with E-state index in [1.807, 2.05) is 50.1 Å². The molecule has 2 nitrogen and oxygen atoms in total. The molecule has 0 spiro atoms. The zero-order chi connectivity index (χ0) is 16.5. The molecule has 0 heterocycles. The fourth-order valence-corrected chi connectivity index (χ4v) is 2.36. The average Bonchev–Trinajstić information content (AvgIpc) is 2.45. The van der Waals surface area contributed by atoms with Gasteiger partial charge in [0.15, 0.2) is 0 Å². The summed E-state index contributed by atoms with van der Waals surface area (Å²) in [5.41, 5.74) is 1.85. The van der Waals surface area contributed by atoms with E-state index in [-0.39, 0.29) is 5.56 Å². The summed E-state index contributed by atoms with van der Waals surface area (Å²) in [4.78, 5) is 3.75. The maximum absolute atomic E-state index is 13.3. The summed E-state index contributed by atoms with van der Waals surface area (Å²) in [6, 6.07) is 11.1. The molecule has 0 unspecified atom stereocenters. The predicted octanol–water partition coefficient (Wildman–Crippen LogP) is 4.50. The first-order valence-corrected chi connectivity index (χ1v) is 6.87. The fourth-order valence-electron chi connectivity index (χ4n) is 2.36. The van der Waals surface area contributed by atoms with Crippen LogP contribution in [0.3, 0.4) is 0 Å². The third-order valence-corrected chi connectivity index (χ3v) is 3.50. The summed E-state index contributed by atoms with van der Waals surface area (Å²) in [5.74, 6) is 0. The van der Waals surface area contributed by atoms with Crippen molar-refractivity contribution in [3.63, 3.8) is 0 Å². The smallest absolute Gasteiger partial charge is 0.378 e. The summed E-state index contributed by atoms with van der Waals surface area (Å²) < 4.78 is 39.8. The van der Waals surface area contributed by atoms with Gasteiger partial charge in [-0.05, 0) is 23.8 Å². The van der Waals surface area contributed by atoms with Crippen molar-refractivity contribution in [1.29, 1.82) is 0 Å². The minimum absolute atomic E-state index is 0.198. The monoisotopic (exact) mass is 308 g/mol. The average molecular weight is 308 g/mol. The van der Waals surface area contributed by atoms with Crippen molar-refractivity contribution in [2.24, 2.45) is 0 Å². The highest BCUT2D eigenvalue weighted by Gasteiger charge is 2.33. The number of anilines is 2. The molecule has 2 aromatic rings. The standard InChI is InChI=1S/C17H19F3N2/c1-21(2)12-9-10-14(16(11-12)22(3)4)13-7-5-6-8-15(13)17(18,19)20/h5-11H,1-4H3. The Morgan fingerprint density at radius 3 is 1.95 bits per heavy atom. The Labute approximate surface area is 128 Å². The highest BCUT2D eigenvalue weighted by molar-refractivity contribution is 5.83. The van der Waals surface area contributed by atoms with Gasteiger partial charge in [0.05, 0.1) is 5.56 Å². The molecule has 0 aliphatic carbocycles. The number of hydrogen-bond acceptors (Lipinski definition) is 2. The summed E-state index contributed by atoms with van der Waals surface area (Å²) in [6.07, 6.45) is -4.37. The highest BCUT2D eigenvalue weighted by atomic mass is 19.4. The summed E-state index contributed by atoms with van der Waals surface area (Å²) in [5, 5.41) is 0. The lowest BCUT2D eigenvalue weighted by Crippen LogP contribution is -2.14. The third-order valence-electron chi connectivity index (χ3n) is 3.50. The van der Waals surface area contributed by atoms with Gasteiger partial charge >= 0.3 is 6.18 Å². The lowest BCUT2D eigenvalue weighted by molar-refractivity contribution is -0.137. The normalized spacial score (nSPS) is 11.4. The first-order chi connectivity index (χ1) is 10.2. The van der Waals surface area contributed by atoms with Gasteiger partial charge < -0.3 is 9.80 Å². The Bertz CT molecular complexity index is 661. The molecule has 2 rings (SSSR count). The number of halogens is 3. The maximum Gasteiger partial charge on any atom is 0.417 e. The van der Waals surface area contributed by atoms with E-state index in [2.05, 4.69) is 0 Å². The van der Waals surface area contributed by atoms with Gasteiger partial charge in [-0.15, -0.1) is 0 Å². The zero-order valence-corrected chi connectivity index (χ0v) is 13.1. The molecule has 5 heteroatoms. The number of hydrogen-bond donors (Lipinski definition) is 0. The lowest BCUT2D eigenvalue weighted by atomic mass is 9.97. The van der Waals surface area contributed by atoms with Gasteiger partial charge in [-0.3, -0.25) is 0 Å². The van der Waals surface area contributed by atoms with Crippen LogP contribution in [-0.4, -0.2) is 28.2 Å². The van der Waals surface area contributed by atoms with Crippen LogP contribution in [0.1, 0.15) is 5.56 Å². The van der Waals surface area contributed by atoms with Crippen LogP contribution >= 0.6 is 0 Å². The van der Waals surface area contributed by atoms with Gasteiger partial charge in [0.1, 0.15) is 0 Å². The Kier molecular flexibility index (Phi) is 4.35. The Morgan fingerprint density at radius 1 is 0.773 bits per heavy atom. The van der Waals surface area contributed by atoms with E-state index < -0.39 is 11.7 Å². The molecule has 0 aliphatic heterocycles. The second-order valence-corrected chi connectivity index (χ2v) is 5.53. The molecule has 0 fully saturated rings. The zero-order valence-electron chi connectivity index (χ0n) is 13.1. The molecule has 0 radical (unpaired) electrons. The minimum atomic E-state index is -4.37.